The molecule has 0 spiro atoms. The third kappa shape index (κ3) is 2.56. The zero-order chi connectivity index (χ0) is 9.07. The van der Waals surface area contributed by atoms with Crippen LogP contribution >= 0.6 is 7.67 Å². The Balaban J connectivity index is 4.32. The van der Waals surface area contributed by atoms with E-state index in [0.717, 1.165) is 0 Å². The Morgan fingerprint density at radius 1 is 1.18 bits per heavy atom. The maximum atomic E-state index is 11.5. The van der Waals surface area contributed by atoms with Gasteiger partial charge in [-0.2, -0.15) is 0 Å². The van der Waals surface area contributed by atoms with Crippen LogP contribution < -0.4 is 0 Å². The first-order valence-corrected chi connectivity index (χ1v) is 5.29. The number of nitrogens with zero attached hydrogens (tertiary/aromatic N) is 2. The highest BCUT2D eigenvalue weighted by molar-refractivity contribution is 7.52. The zero-order valence-electron chi connectivity index (χ0n) is 7.61. The molecule has 0 heterocycles. The molecule has 68 valence electrons. The Bertz CT molecular complexity index is 149. The highest BCUT2D eigenvalue weighted by Gasteiger charge is 2.27. The largest absolute Gasteiger partial charge is 0.342 e. The SMILES string of the molecule is CCN(C)P(=O)(O)N(C)CC. The molecule has 0 bridgehead atoms. The van der Waals surface area contributed by atoms with E-state index in [4.69, 9.17) is 0 Å². The molecule has 0 aliphatic rings. The topological polar surface area (TPSA) is 43.8 Å². The van der Waals surface area contributed by atoms with E-state index in [1.54, 1.807) is 14.1 Å². The highest BCUT2D eigenvalue weighted by atomic mass is 31.2. The molecule has 0 aromatic carbocycles. The van der Waals surface area contributed by atoms with Crippen molar-refractivity contribution < 1.29 is 9.46 Å². The molecule has 11 heavy (non-hydrogen) atoms. The first-order chi connectivity index (χ1) is 4.96. The lowest BCUT2D eigenvalue weighted by Gasteiger charge is -2.28. The summed E-state index contributed by atoms with van der Waals surface area (Å²) in [4.78, 5) is 9.46. The first kappa shape index (κ1) is 11.1. The smallest absolute Gasteiger partial charge is 0.322 e. The molecule has 0 saturated carbocycles. The van der Waals surface area contributed by atoms with Gasteiger partial charge < -0.3 is 4.89 Å². The van der Waals surface area contributed by atoms with Crippen LogP contribution in [0.1, 0.15) is 13.8 Å². The first-order valence-electron chi connectivity index (χ1n) is 3.72. The second-order valence-corrected chi connectivity index (χ2v) is 4.85. The van der Waals surface area contributed by atoms with Crippen molar-refractivity contribution >= 4 is 7.67 Å². The lowest BCUT2D eigenvalue weighted by Crippen LogP contribution is -2.26. The lowest BCUT2D eigenvalue weighted by molar-refractivity contribution is 0.317. The van der Waals surface area contributed by atoms with Crippen molar-refractivity contribution in [3.8, 4) is 0 Å². The molecule has 0 aliphatic heterocycles. The van der Waals surface area contributed by atoms with Gasteiger partial charge in [-0.15, -0.1) is 0 Å². The van der Waals surface area contributed by atoms with Crippen LogP contribution in [-0.4, -0.2) is 41.4 Å². The predicted octanol–water partition coefficient (Wildman–Crippen LogP) is 0.990. The Morgan fingerprint density at radius 2 is 1.45 bits per heavy atom. The summed E-state index contributed by atoms with van der Waals surface area (Å²) >= 11 is 0. The molecule has 5 heteroatoms. The van der Waals surface area contributed by atoms with Gasteiger partial charge in [-0.1, -0.05) is 13.8 Å². The molecule has 1 N–H and O–H groups in total. The van der Waals surface area contributed by atoms with Crippen LogP contribution in [0.2, 0.25) is 0 Å². The van der Waals surface area contributed by atoms with Crippen LogP contribution in [0.25, 0.3) is 0 Å². The number of hydrogen-bond donors (Lipinski definition) is 1. The van der Waals surface area contributed by atoms with E-state index in [1.807, 2.05) is 13.8 Å². The normalized spacial score (nSPS) is 13.0. The molecule has 4 nitrogen and oxygen atoms in total. The van der Waals surface area contributed by atoms with E-state index in [-0.39, 0.29) is 0 Å². The lowest BCUT2D eigenvalue weighted by atomic mass is 10.8. The molecule has 0 aromatic heterocycles. The second-order valence-electron chi connectivity index (χ2n) is 2.46. The van der Waals surface area contributed by atoms with Crippen LogP contribution in [-0.2, 0) is 4.57 Å². The summed E-state index contributed by atoms with van der Waals surface area (Å²) in [7, 11) is 0.0836. The van der Waals surface area contributed by atoms with Crippen molar-refractivity contribution in [3.63, 3.8) is 0 Å². The third-order valence-electron chi connectivity index (χ3n) is 1.80. The minimum atomic E-state index is -3.21. The molecule has 0 unspecified atom stereocenters. The maximum absolute atomic E-state index is 11.5. The number of hydrogen-bond acceptors (Lipinski definition) is 1. The summed E-state index contributed by atoms with van der Waals surface area (Å²) in [5.74, 6) is 0. The molecule has 0 aromatic rings. The van der Waals surface area contributed by atoms with E-state index >= 15 is 0 Å². The fourth-order valence-electron chi connectivity index (χ4n) is 0.629. The quantitative estimate of drug-likeness (QED) is 0.655. The van der Waals surface area contributed by atoms with E-state index in [2.05, 4.69) is 0 Å². The Labute approximate surface area is 68.4 Å². The summed E-state index contributed by atoms with van der Waals surface area (Å²) < 4.78 is 14.4. The van der Waals surface area contributed by atoms with Gasteiger partial charge in [0, 0.05) is 13.1 Å². The van der Waals surface area contributed by atoms with Crippen LogP contribution in [0.15, 0.2) is 0 Å². The molecular weight excluding hydrogens is 163 g/mol. The van der Waals surface area contributed by atoms with Gasteiger partial charge in [0.15, 0.2) is 0 Å². The fraction of sp³-hybridized carbons (Fsp3) is 1.00. The summed E-state index contributed by atoms with van der Waals surface area (Å²) in [6.45, 7) is 4.87. The summed E-state index contributed by atoms with van der Waals surface area (Å²) in [5.41, 5.74) is 0. The summed E-state index contributed by atoms with van der Waals surface area (Å²) in [6.07, 6.45) is 0. The van der Waals surface area contributed by atoms with Gasteiger partial charge in [-0.3, -0.25) is 4.57 Å². The highest BCUT2D eigenvalue weighted by Crippen LogP contribution is 2.45. The molecule has 0 fully saturated rings. The van der Waals surface area contributed by atoms with E-state index in [9.17, 15) is 9.46 Å². The van der Waals surface area contributed by atoms with E-state index in [1.165, 1.54) is 9.34 Å². The van der Waals surface area contributed by atoms with Gasteiger partial charge in [0.1, 0.15) is 0 Å². The standard InChI is InChI=1S/C6H17N2O2P/c1-5-7(3)11(9,10)8(4)6-2/h5-6H2,1-4H3,(H,9,10). The number of rotatable bonds is 4. The van der Waals surface area contributed by atoms with Gasteiger partial charge in [-0.25, -0.2) is 9.34 Å². The third-order valence-corrected chi connectivity index (χ3v) is 4.15. The minimum absolute atomic E-state index is 0.581. The molecule has 0 saturated heterocycles. The van der Waals surface area contributed by atoms with Crippen LogP contribution in [0, 0.1) is 0 Å². The van der Waals surface area contributed by atoms with Crippen molar-refractivity contribution in [2.24, 2.45) is 0 Å². The molecule has 0 rings (SSSR count). The fourth-order valence-corrected chi connectivity index (χ4v) is 1.89. The van der Waals surface area contributed by atoms with Gasteiger partial charge in [0.25, 0.3) is 0 Å². The average Bonchev–Trinajstić information content (AvgIpc) is 2.01. The summed E-state index contributed by atoms with van der Waals surface area (Å²) in [5, 5.41) is 0. The predicted molar refractivity (Wildman–Crippen MR) is 46.4 cm³/mol. The van der Waals surface area contributed by atoms with Crippen molar-refractivity contribution in [1.29, 1.82) is 0 Å². The van der Waals surface area contributed by atoms with Gasteiger partial charge in [0.2, 0.25) is 0 Å². The molecule has 0 atom stereocenters. The van der Waals surface area contributed by atoms with E-state index < -0.39 is 7.67 Å². The zero-order valence-corrected chi connectivity index (χ0v) is 8.51. The molecule has 0 amide bonds. The summed E-state index contributed by atoms with van der Waals surface area (Å²) in [6, 6.07) is 0. The van der Waals surface area contributed by atoms with Gasteiger partial charge in [-0.05, 0) is 14.1 Å². The van der Waals surface area contributed by atoms with Crippen molar-refractivity contribution in [2.75, 3.05) is 27.2 Å². The second kappa shape index (κ2) is 4.21. The monoisotopic (exact) mass is 180 g/mol. The van der Waals surface area contributed by atoms with Crippen LogP contribution in [0.5, 0.6) is 0 Å². The maximum Gasteiger partial charge on any atom is 0.342 e. The molecule has 0 radical (unpaired) electrons. The Kier molecular flexibility index (Phi) is 4.26. The van der Waals surface area contributed by atoms with Crippen molar-refractivity contribution in [2.45, 2.75) is 13.8 Å². The van der Waals surface area contributed by atoms with E-state index in [0.29, 0.717) is 13.1 Å². The minimum Gasteiger partial charge on any atom is -0.322 e. The van der Waals surface area contributed by atoms with Crippen molar-refractivity contribution in [1.82, 2.24) is 9.34 Å². The Hall–Kier alpha value is 0.110. The molecular formula is C6H17N2O2P. The van der Waals surface area contributed by atoms with Gasteiger partial charge in [0.05, 0.1) is 0 Å². The Morgan fingerprint density at radius 3 is 1.64 bits per heavy atom. The average molecular weight is 180 g/mol. The van der Waals surface area contributed by atoms with Gasteiger partial charge >= 0.3 is 7.67 Å². The van der Waals surface area contributed by atoms with Crippen molar-refractivity contribution in [3.05, 3.63) is 0 Å². The van der Waals surface area contributed by atoms with Crippen LogP contribution in [0.3, 0.4) is 0 Å². The molecule has 0 aliphatic carbocycles. The van der Waals surface area contributed by atoms with Crippen LogP contribution in [0.4, 0.5) is 0 Å².